The maximum absolute atomic E-state index is 9.47. The minimum absolute atomic E-state index is 0.0968. The predicted octanol–water partition coefficient (Wildman–Crippen LogP) is 0.508. The van der Waals surface area contributed by atoms with E-state index in [0.717, 1.165) is 31.6 Å². The average molecular weight is 249 g/mol. The average Bonchev–Trinajstić information content (AvgIpc) is 2.32. The molecule has 4 heteroatoms. The molecule has 18 heavy (non-hydrogen) atoms. The van der Waals surface area contributed by atoms with Crippen LogP contribution in [-0.2, 0) is 6.42 Å². The van der Waals surface area contributed by atoms with Crippen molar-refractivity contribution in [2.75, 3.05) is 33.7 Å². The fourth-order valence-corrected chi connectivity index (χ4v) is 2.60. The van der Waals surface area contributed by atoms with Crippen LogP contribution in [0.1, 0.15) is 5.56 Å². The van der Waals surface area contributed by atoms with E-state index in [9.17, 15) is 5.11 Å². The summed E-state index contributed by atoms with van der Waals surface area (Å²) >= 11 is 0. The van der Waals surface area contributed by atoms with E-state index in [1.807, 2.05) is 12.1 Å². The van der Waals surface area contributed by atoms with E-state index < -0.39 is 0 Å². The van der Waals surface area contributed by atoms with Crippen molar-refractivity contribution in [2.45, 2.75) is 18.5 Å². The summed E-state index contributed by atoms with van der Waals surface area (Å²) in [6.45, 7) is 3.18. The lowest BCUT2D eigenvalue weighted by Gasteiger charge is -2.40. The number of hydrogen-bond acceptors (Lipinski definition) is 4. The van der Waals surface area contributed by atoms with E-state index in [1.165, 1.54) is 0 Å². The van der Waals surface area contributed by atoms with Gasteiger partial charge in [-0.15, -0.1) is 0 Å². The monoisotopic (exact) mass is 249 g/mol. The van der Waals surface area contributed by atoms with Crippen LogP contribution in [0.3, 0.4) is 0 Å². The number of nitrogens with two attached hydrogens (primary N) is 1. The Bertz CT molecular complexity index is 396. The first-order chi connectivity index (χ1) is 8.56. The summed E-state index contributed by atoms with van der Waals surface area (Å²) < 4.78 is 0. The van der Waals surface area contributed by atoms with Crippen molar-refractivity contribution >= 4 is 0 Å². The zero-order valence-electron chi connectivity index (χ0n) is 11.2. The molecule has 1 saturated heterocycles. The third-order valence-electron chi connectivity index (χ3n) is 3.78. The highest BCUT2D eigenvalue weighted by Gasteiger charge is 2.27. The first-order valence-electron chi connectivity index (χ1n) is 6.48. The van der Waals surface area contributed by atoms with Crippen LogP contribution in [0, 0.1) is 0 Å². The highest BCUT2D eigenvalue weighted by atomic mass is 16.3. The van der Waals surface area contributed by atoms with Crippen molar-refractivity contribution in [1.82, 2.24) is 9.80 Å². The molecule has 1 aliphatic rings. The summed E-state index contributed by atoms with van der Waals surface area (Å²) in [5.74, 6) is 0.314. The van der Waals surface area contributed by atoms with Crippen molar-refractivity contribution in [3.05, 3.63) is 29.8 Å². The van der Waals surface area contributed by atoms with Gasteiger partial charge in [-0.05, 0) is 38.2 Å². The third-order valence-corrected chi connectivity index (χ3v) is 3.78. The summed E-state index contributed by atoms with van der Waals surface area (Å²) in [5, 5.41) is 9.47. The molecule has 0 aliphatic carbocycles. The first-order valence-corrected chi connectivity index (χ1v) is 6.48. The van der Waals surface area contributed by atoms with Gasteiger partial charge in [-0.25, -0.2) is 0 Å². The standard InChI is InChI=1S/C14H23N3O/c1-16-6-7-17(2)14(10-16)13(15)9-11-4-3-5-12(18)8-11/h3-5,8,13-14,18H,6-7,9-10,15H2,1-2H3. The quantitative estimate of drug-likeness (QED) is 0.819. The number of benzene rings is 1. The fraction of sp³-hybridized carbons (Fsp3) is 0.571. The van der Waals surface area contributed by atoms with Crippen LogP contribution in [0.2, 0.25) is 0 Å². The molecule has 0 aromatic heterocycles. The summed E-state index contributed by atoms with van der Waals surface area (Å²) in [6, 6.07) is 7.85. The van der Waals surface area contributed by atoms with Crippen LogP contribution in [0.4, 0.5) is 0 Å². The summed E-state index contributed by atoms with van der Waals surface area (Å²) in [6.07, 6.45) is 0.803. The highest BCUT2D eigenvalue weighted by Crippen LogP contribution is 2.16. The second-order valence-electron chi connectivity index (χ2n) is 5.35. The van der Waals surface area contributed by atoms with Crippen LogP contribution < -0.4 is 5.73 Å². The smallest absolute Gasteiger partial charge is 0.115 e. The van der Waals surface area contributed by atoms with Crippen molar-refractivity contribution in [1.29, 1.82) is 0 Å². The Morgan fingerprint density at radius 2 is 2.17 bits per heavy atom. The minimum atomic E-state index is 0.0968. The Morgan fingerprint density at radius 3 is 2.89 bits per heavy atom. The molecule has 0 bridgehead atoms. The topological polar surface area (TPSA) is 52.7 Å². The number of piperazine rings is 1. The first kappa shape index (κ1) is 13.3. The SMILES string of the molecule is CN1CCN(C)C(C(N)Cc2cccc(O)c2)C1. The molecule has 4 nitrogen and oxygen atoms in total. The van der Waals surface area contributed by atoms with Crippen molar-refractivity contribution in [2.24, 2.45) is 5.73 Å². The molecule has 0 amide bonds. The molecule has 0 radical (unpaired) electrons. The fourth-order valence-electron chi connectivity index (χ4n) is 2.60. The van der Waals surface area contributed by atoms with Gasteiger partial charge in [0.15, 0.2) is 0 Å². The second-order valence-corrected chi connectivity index (χ2v) is 5.35. The van der Waals surface area contributed by atoms with Gasteiger partial charge in [0.2, 0.25) is 0 Å². The van der Waals surface area contributed by atoms with Gasteiger partial charge < -0.3 is 15.7 Å². The minimum Gasteiger partial charge on any atom is -0.508 e. The summed E-state index contributed by atoms with van der Waals surface area (Å²) in [5.41, 5.74) is 7.43. The predicted molar refractivity (Wildman–Crippen MR) is 73.7 cm³/mol. The van der Waals surface area contributed by atoms with Gasteiger partial charge in [0.05, 0.1) is 0 Å². The van der Waals surface area contributed by atoms with Crippen LogP contribution >= 0.6 is 0 Å². The molecule has 0 spiro atoms. The number of aromatic hydroxyl groups is 1. The lowest BCUT2D eigenvalue weighted by atomic mass is 9.97. The van der Waals surface area contributed by atoms with E-state index in [1.54, 1.807) is 12.1 Å². The maximum atomic E-state index is 9.47. The molecule has 0 saturated carbocycles. The number of nitrogens with zero attached hydrogens (tertiary/aromatic N) is 2. The highest BCUT2D eigenvalue weighted by molar-refractivity contribution is 5.27. The van der Waals surface area contributed by atoms with Crippen LogP contribution in [0.5, 0.6) is 5.75 Å². The molecular formula is C14H23N3O. The van der Waals surface area contributed by atoms with E-state index in [-0.39, 0.29) is 6.04 Å². The number of rotatable bonds is 3. The van der Waals surface area contributed by atoms with Crippen molar-refractivity contribution < 1.29 is 5.11 Å². The number of phenolic OH excluding ortho intramolecular Hbond substituents is 1. The van der Waals surface area contributed by atoms with Gasteiger partial charge in [-0.1, -0.05) is 12.1 Å². The summed E-state index contributed by atoms with van der Waals surface area (Å²) in [4.78, 5) is 4.67. The van der Waals surface area contributed by atoms with Crippen molar-refractivity contribution in [3.8, 4) is 5.75 Å². The molecular weight excluding hydrogens is 226 g/mol. The third kappa shape index (κ3) is 3.22. The molecule has 100 valence electrons. The lowest BCUT2D eigenvalue weighted by Crippen LogP contribution is -2.58. The molecule has 2 unspecified atom stereocenters. The Morgan fingerprint density at radius 1 is 1.39 bits per heavy atom. The summed E-state index contributed by atoms with van der Waals surface area (Å²) in [7, 11) is 4.28. The van der Waals surface area contributed by atoms with Gasteiger partial charge in [-0.2, -0.15) is 0 Å². The van der Waals surface area contributed by atoms with Crippen LogP contribution in [0.15, 0.2) is 24.3 Å². The Kier molecular flexibility index (Phi) is 4.22. The van der Waals surface area contributed by atoms with E-state index in [0.29, 0.717) is 11.8 Å². The van der Waals surface area contributed by atoms with E-state index in [2.05, 4.69) is 23.9 Å². The lowest BCUT2D eigenvalue weighted by molar-refractivity contribution is 0.0973. The van der Waals surface area contributed by atoms with Crippen LogP contribution in [0.25, 0.3) is 0 Å². The number of phenols is 1. The van der Waals surface area contributed by atoms with Gasteiger partial charge in [-0.3, -0.25) is 4.90 Å². The Labute approximate surface area is 109 Å². The molecule has 3 N–H and O–H groups in total. The normalized spacial score (nSPS) is 24.1. The zero-order valence-corrected chi connectivity index (χ0v) is 11.2. The van der Waals surface area contributed by atoms with Gasteiger partial charge in [0, 0.05) is 31.7 Å². The number of likely N-dealkylation sites (N-methyl/N-ethyl adjacent to an activating group) is 2. The van der Waals surface area contributed by atoms with Gasteiger partial charge >= 0.3 is 0 Å². The molecule has 1 fully saturated rings. The van der Waals surface area contributed by atoms with Crippen LogP contribution in [-0.4, -0.2) is 60.7 Å². The molecule has 1 aromatic rings. The van der Waals surface area contributed by atoms with Gasteiger partial charge in [0.1, 0.15) is 5.75 Å². The molecule has 1 aliphatic heterocycles. The van der Waals surface area contributed by atoms with Crippen molar-refractivity contribution in [3.63, 3.8) is 0 Å². The largest absolute Gasteiger partial charge is 0.508 e. The molecule has 2 rings (SSSR count). The Hall–Kier alpha value is -1.10. The molecule has 1 heterocycles. The molecule has 1 aromatic carbocycles. The Balaban J connectivity index is 2.00. The maximum Gasteiger partial charge on any atom is 0.115 e. The van der Waals surface area contributed by atoms with E-state index >= 15 is 0 Å². The van der Waals surface area contributed by atoms with Gasteiger partial charge in [0.25, 0.3) is 0 Å². The second kappa shape index (κ2) is 5.69. The zero-order chi connectivity index (χ0) is 13.1. The number of hydrogen-bond donors (Lipinski definition) is 2. The van der Waals surface area contributed by atoms with E-state index in [4.69, 9.17) is 5.73 Å². The molecule has 2 atom stereocenters.